The number of nitrogens with zero attached hydrogens (tertiary/aromatic N) is 1. The topological polar surface area (TPSA) is 105 Å². The molecule has 8 heteroatoms. The van der Waals surface area contributed by atoms with Crippen LogP contribution >= 0.6 is 0 Å². The summed E-state index contributed by atoms with van der Waals surface area (Å²) in [5, 5.41) is 11.4. The van der Waals surface area contributed by atoms with Crippen molar-refractivity contribution in [2.45, 2.75) is 30.7 Å². The first-order valence-electron chi connectivity index (χ1n) is 5.66. The fourth-order valence-corrected chi connectivity index (χ4v) is 2.74. The fourth-order valence-electron chi connectivity index (χ4n) is 1.49. The molecule has 1 aromatic carbocycles. The summed E-state index contributed by atoms with van der Waals surface area (Å²) < 4.78 is 39.1. The third-order valence-electron chi connectivity index (χ3n) is 2.47. The van der Waals surface area contributed by atoms with Gasteiger partial charge in [-0.15, -0.1) is 0 Å². The molecule has 0 saturated carbocycles. The van der Waals surface area contributed by atoms with E-state index in [2.05, 4.69) is 9.88 Å². The molecule has 1 unspecified atom stereocenters. The van der Waals surface area contributed by atoms with Gasteiger partial charge in [0.25, 0.3) is 0 Å². The van der Waals surface area contributed by atoms with Gasteiger partial charge in [-0.2, -0.15) is 0 Å². The van der Waals surface area contributed by atoms with Gasteiger partial charge in [0.1, 0.15) is 5.82 Å². The molecule has 4 N–H and O–H groups in total. The molecule has 0 heterocycles. The lowest BCUT2D eigenvalue weighted by atomic mass is 10.2. The molecule has 106 valence electrons. The normalized spacial score (nSPS) is 14.3. The zero-order chi connectivity index (χ0) is 14.5. The Labute approximate surface area is 111 Å². The van der Waals surface area contributed by atoms with Gasteiger partial charge in [0, 0.05) is 0 Å². The second-order valence-electron chi connectivity index (χ2n) is 3.94. The number of halogens is 1. The van der Waals surface area contributed by atoms with Crippen LogP contribution in [0.5, 0.6) is 0 Å². The third-order valence-corrected chi connectivity index (χ3v) is 3.96. The van der Waals surface area contributed by atoms with Gasteiger partial charge in [0.2, 0.25) is 10.0 Å². The molecule has 0 fully saturated rings. The number of amidine groups is 1. The van der Waals surface area contributed by atoms with Gasteiger partial charge in [-0.05, 0) is 30.7 Å². The van der Waals surface area contributed by atoms with Crippen LogP contribution in [0.15, 0.2) is 34.3 Å². The van der Waals surface area contributed by atoms with E-state index < -0.39 is 21.9 Å². The van der Waals surface area contributed by atoms with Gasteiger partial charge >= 0.3 is 0 Å². The number of nitrogens with two attached hydrogens (primary N) is 1. The van der Waals surface area contributed by atoms with Crippen molar-refractivity contribution in [2.75, 3.05) is 0 Å². The smallest absolute Gasteiger partial charge is 0.241 e. The monoisotopic (exact) mass is 289 g/mol. The van der Waals surface area contributed by atoms with Crippen molar-refractivity contribution in [3.05, 3.63) is 30.1 Å². The SMILES string of the molecule is CCCC(NS(=O)(=O)c1ccc(F)cc1)/C(N)=N/O. The molecular weight excluding hydrogens is 273 g/mol. The Morgan fingerprint density at radius 2 is 2.05 bits per heavy atom. The first-order chi connectivity index (χ1) is 8.90. The van der Waals surface area contributed by atoms with E-state index in [-0.39, 0.29) is 10.7 Å². The predicted molar refractivity (Wildman–Crippen MR) is 68.8 cm³/mol. The number of nitrogens with one attached hydrogen (secondary N) is 1. The van der Waals surface area contributed by atoms with Gasteiger partial charge in [-0.25, -0.2) is 17.5 Å². The maximum Gasteiger partial charge on any atom is 0.241 e. The minimum absolute atomic E-state index is 0.0826. The second-order valence-corrected chi connectivity index (χ2v) is 5.66. The van der Waals surface area contributed by atoms with Crippen LogP contribution in [0.1, 0.15) is 19.8 Å². The summed E-state index contributed by atoms with van der Waals surface area (Å²) in [6.07, 6.45) is 1.03. The predicted octanol–water partition coefficient (Wildman–Crippen LogP) is 1.02. The van der Waals surface area contributed by atoms with E-state index in [4.69, 9.17) is 10.9 Å². The lowest BCUT2D eigenvalue weighted by Crippen LogP contribution is -2.44. The molecule has 0 amide bonds. The van der Waals surface area contributed by atoms with Crippen molar-refractivity contribution in [3.8, 4) is 0 Å². The van der Waals surface area contributed by atoms with E-state index >= 15 is 0 Å². The highest BCUT2D eigenvalue weighted by atomic mass is 32.2. The van der Waals surface area contributed by atoms with Gasteiger partial charge in [0.15, 0.2) is 5.84 Å². The summed E-state index contributed by atoms with van der Waals surface area (Å²) in [6, 6.07) is 3.59. The van der Waals surface area contributed by atoms with E-state index in [1.165, 1.54) is 0 Å². The summed E-state index contributed by atoms with van der Waals surface area (Å²) in [6.45, 7) is 1.84. The average Bonchev–Trinajstić information content (AvgIpc) is 2.37. The average molecular weight is 289 g/mol. The molecule has 0 radical (unpaired) electrons. The van der Waals surface area contributed by atoms with Crippen molar-refractivity contribution < 1.29 is 18.0 Å². The first-order valence-corrected chi connectivity index (χ1v) is 7.14. The molecule has 0 aliphatic heterocycles. The third kappa shape index (κ3) is 4.18. The summed E-state index contributed by atoms with van der Waals surface area (Å²) in [5.74, 6) is -0.743. The molecule has 0 spiro atoms. The highest BCUT2D eigenvalue weighted by molar-refractivity contribution is 7.89. The van der Waals surface area contributed by atoms with E-state index in [1.54, 1.807) is 0 Å². The van der Waals surface area contributed by atoms with E-state index in [1.807, 2.05) is 6.92 Å². The van der Waals surface area contributed by atoms with E-state index in [0.29, 0.717) is 12.8 Å². The Morgan fingerprint density at radius 3 is 2.53 bits per heavy atom. The van der Waals surface area contributed by atoms with Gasteiger partial charge in [0.05, 0.1) is 10.9 Å². The largest absolute Gasteiger partial charge is 0.409 e. The molecular formula is C11H16FN3O3S. The maximum absolute atomic E-state index is 12.8. The molecule has 0 aromatic heterocycles. The quantitative estimate of drug-likeness (QED) is 0.315. The lowest BCUT2D eigenvalue weighted by molar-refractivity contribution is 0.315. The molecule has 1 aromatic rings. The maximum atomic E-state index is 12.8. The van der Waals surface area contributed by atoms with Crippen molar-refractivity contribution in [1.29, 1.82) is 0 Å². The number of rotatable bonds is 6. The Balaban J connectivity index is 2.97. The molecule has 0 aliphatic rings. The Bertz CT molecular complexity index is 543. The number of oxime groups is 1. The summed E-state index contributed by atoms with van der Waals surface area (Å²) in [7, 11) is -3.84. The van der Waals surface area contributed by atoms with Crippen LogP contribution in [-0.4, -0.2) is 25.5 Å². The molecule has 0 saturated heterocycles. The summed E-state index contributed by atoms with van der Waals surface area (Å²) in [5.41, 5.74) is 5.43. The van der Waals surface area contributed by atoms with Gasteiger partial charge in [-0.3, -0.25) is 0 Å². The Morgan fingerprint density at radius 1 is 1.47 bits per heavy atom. The van der Waals surface area contributed by atoms with Gasteiger partial charge < -0.3 is 10.9 Å². The number of hydrogen-bond donors (Lipinski definition) is 3. The van der Waals surface area contributed by atoms with Crippen LogP contribution in [0.4, 0.5) is 4.39 Å². The van der Waals surface area contributed by atoms with Crippen molar-refractivity contribution in [1.82, 2.24) is 4.72 Å². The van der Waals surface area contributed by atoms with Crippen molar-refractivity contribution >= 4 is 15.9 Å². The summed E-state index contributed by atoms with van der Waals surface area (Å²) in [4.78, 5) is -0.0826. The lowest BCUT2D eigenvalue weighted by Gasteiger charge is -2.16. The molecule has 19 heavy (non-hydrogen) atoms. The standard InChI is InChI=1S/C11H16FN3O3S/c1-2-3-10(11(13)14-16)15-19(17,18)9-6-4-8(12)5-7-9/h4-7,10,15-16H,2-3H2,1H3,(H2,13,14). The Kier molecular flexibility index (Phi) is 5.25. The zero-order valence-electron chi connectivity index (χ0n) is 10.4. The van der Waals surface area contributed by atoms with E-state index in [0.717, 1.165) is 24.3 Å². The molecule has 0 bridgehead atoms. The number of benzene rings is 1. The van der Waals surface area contributed by atoms with E-state index in [9.17, 15) is 12.8 Å². The first kappa shape index (κ1) is 15.4. The number of sulfonamides is 1. The van der Waals surface area contributed by atoms with Gasteiger partial charge in [-0.1, -0.05) is 18.5 Å². The Hall–Kier alpha value is -1.67. The van der Waals surface area contributed by atoms with Crippen LogP contribution < -0.4 is 10.5 Å². The number of hydrogen-bond acceptors (Lipinski definition) is 4. The van der Waals surface area contributed by atoms with Crippen LogP contribution in [-0.2, 0) is 10.0 Å². The highest BCUT2D eigenvalue weighted by Crippen LogP contribution is 2.11. The summed E-state index contributed by atoms with van der Waals surface area (Å²) >= 11 is 0. The van der Waals surface area contributed by atoms with Crippen LogP contribution in [0.2, 0.25) is 0 Å². The molecule has 0 aliphatic carbocycles. The molecule has 1 atom stereocenters. The molecule has 1 rings (SSSR count). The van der Waals surface area contributed by atoms with Crippen LogP contribution in [0.3, 0.4) is 0 Å². The van der Waals surface area contributed by atoms with Crippen LogP contribution in [0.25, 0.3) is 0 Å². The van der Waals surface area contributed by atoms with Crippen LogP contribution in [0, 0.1) is 5.82 Å². The molecule has 6 nitrogen and oxygen atoms in total. The van der Waals surface area contributed by atoms with Crippen molar-refractivity contribution in [2.24, 2.45) is 10.9 Å². The fraction of sp³-hybridized carbons (Fsp3) is 0.364. The highest BCUT2D eigenvalue weighted by Gasteiger charge is 2.22. The second kappa shape index (κ2) is 6.48. The zero-order valence-corrected chi connectivity index (χ0v) is 11.2. The minimum Gasteiger partial charge on any atom is -0.409 e. The van der Waals surface area contributed by atoms with Crippen molar-refractivity contribution in [3.63, 3.8) is 0 Å². The minimum atomic E-state index is -3.84.